The first-order valence-electron chi connectivity index (χ1n) is 5.46. The SMILES string of the molecule is Cc1csc(NCCc2ccccc2C)n1. The first-order valence-corrected chi connectivity index (χ1v) is 6.34. The molecule has 0 saturated heterocycles. The van der Waals surface area contributed by atoms with Crippen molar-refractivity contribution in [1.29, 1.82) is 0 Å². The number of thiazole rings is 1. The average molecular weight is 232 g/mol. The van der Waals surface area contributed by atoms with Crippen molar-refractivity contribution in [1.82, 2.24) is 4.98 Å². The molecule has 0 aliphatic rings. The number of rotatable bonds is 4. The Kier molecular flexibility index (Phi) is 3.57. The lowest BCUT2D eigenvalue weighted by molar-refractivity contribution is 0.999. The Morgan fingerprint density at radius 1 is 1.25 bits per heavy atom. The number of hydrogen-bond acceptors (Lipinski definition) is 3. The molecular weight excluding hydrogens is 216 g/mol. The minimum absolute atomic E-state index is 0.942. The molecule has 0 aliphatic heterocycles. The second-order valence-electron chi connectivity index (χ2n) is 3.90. The van der Waals surface area contributed by atoms with E-state index in [1.54, 1.807) is 11.3 Å². The van der Waals surface area contributed by atoms with Crippen molar-refractivity contribution in [2.24, 2.45) is 0 Å². The summed E-state index contributed by atoms with van der Waals surface area (Å²) >= 11 is 1.67. The van der Waals surface area contributed by atoms with Crippen molar-refractivity contribution in [3.8, 4) is 0 Å². The van der Waals surface area contributed by atoms with Gasteiger partial charge in [-0.15, -0.1) is 11.3 Å². The summed E-state index contributed by atoms with van der Waals surface area (Å²) < 4.78 is 0. The Hall–Kier alpha value is -1.35. The van der Waals surface area contributed by atoms with E-state index < -0.39 is 0 Å². The van der Waals surface area contributed by atoms with Gasteiger partial charge < -0.3 is 5.32 Å². The van der Waals surface area contributed by atoms with E-state index in [4.69, 9.17) is 0 Å². The molecule has 0 bridgehead atoms. The van der Waals surface area contributed by atoms with E-state index in [0.717, 1.165) is 23.8 Å². The summed E-state index contributed by atoms with van der Waals surface area (Å²) in [5, 5.41) is 6.43. The zero-order valence-electron chi connectivity index (χ0n) is 9.66. The molecule has 0 atom stereocenters. The minimum Gasteiger partial charge on any atom is -0.361 e. The van der Waals surface area contributed by atoms with Crippen LogP contribution in [-0.4, -0.2) is 11.5 Å². The highest BCUT2D eigenvalue weighted by Gasteiger charge is 1.99. The molecule has 1 aromatic heterocycles. The number of nitrogens with one attached hydrogen (secondary N) is 1. The van der Waals surface area contributed by atoms with Crippen LogP contribution in [0.1, 0.15) is 16.8 Å². The highest BCUT2D eigenvalue weighted by Crippen LogP contribution is 2.14. The zero-order valence-corrected chi connectivity index (χ0v) is 10.5. The summed E-state index contributed by atoms with van der Waals surface area (Å²) in [5.41, 5.74) is 3.85. The monoisotopic (exact) mass is 232 g/mol. The Balaban J connectivity index is 1.87. The van der Waals surface area contributed by atoms with Crippen LogP contribution in [0.25, 0.3) is 0 Å². The standard InChI is InChI=1S/C13H16N2S/c1-10-5-3-4-6-12(10)7-8-14-13-15-11(2)9-16-13/h3-6,9H,7-8H2,1-2H3,(H,14,15). The summed E-state index contributed by atoms with van der Waals surface area (Å²) in [4.78, 5) is 4.37. The van der Waals surface area contributed by atoms with E-state index in [2.05, 4.69) is 46.9 Å². The van der Waals surface area contributed by atoms with Crippen LogP contribution in [0.15, 0.2) is 29.6 Å². The van der Waals surface area contributed by atoms with Crippen molar-refractivity contribution < 1.29 is 0 Å². The largest absolute Gasteiger partial charge is 0.361 e. The van der Waals surface area contributed by atoms with Crippen LogP contribution in [0, 0.1) is 13.8 Å². The number of aromatic nitrogens is 1. The van der Waals surface area contributed by atoms with Crippen molar-refractivity contribution in [2.75, 3.05) is 11.9 Å². The molecule has 2 aromatic rings. The number of benzene rings is 1. The van der Waals surface area contributed by atoms with Gasteiger partial charge in [0.25, 0.3) is 0 Å². The fourth-order valence-corrected chi connectivity index (χ4v) is 2.35. The Labute approximate surface area is 100 Å². The normalized spacial score (nSPS) is 10.4. The molecule has 1 N–H and O–H groups in total. The van der Waals surface area contributed by atoms with Gasteiger partial charge in [-0.3, -0.25) is 0 Å². The average Bonchev–Trinajstić information content (AvgIpc) is 2.67. The topological polar surface area (TPSA) is 24.9 Å². The molecular formula is C13H16N2S. The van der Waals surface area contributed by atoms with Crippen LogP contribution < -0.4 is 5.32 Å². The molecule has 84 valence electrons. The van der Waals surface area contributed by atoms with E-state index in [-0.39, 0.29) is 0 Å². The summed E-state index contributed by atoms with van der Waals surface area (Å²) in [6.07, 6.45) is 1.05. The van der Waals surface area contributed by atoms with Crippen LogP contribution in [0.3, 0.4) is 0 Å². The lowest BCUT2D eigenvalue weighted by Gasteiger charge is -2.05. The highest BCUT2D eigenvalue weighted by molar-refractivity contribution is 7.13. The van der Waals surface area contributed by atoms with E-state index in [1.165, 1.54) is 11.1 Å². The van der Waals surface area contributed by atoms with Gasteiger partial charge in [-0.05, 0) is 31.4 Å². The predicted octanol–water partition coefficient (Wildman–Crippen LogP) is 3.41. The van der Waals surface area contributed by atoms with Crippen LogP contribution >= 0.6 is 11.3 Å². The Bertz CT molecular complexity index is 462. The number of anilines is 1. The Morgan fingerprint density at radius 3 is 2.75 bits per heavy atom. The van der Waals surface area contributed by atoms with Crippen molar-refractivity contribution >= 4 is 16.5 Å². The van der Waals surface area contributed by atoms with Gasteiger partial charge in [-0.25, -0.2) is 4.98 Å². The fourth-order valence-electron chi connectivity index (χ4n) is 1.63. The summed E-state index contributed by atoms with van der Waals surface area (Å²) in [6, 6.07) is 8.51. The smallest absolute Gasteiger partial charge is 0.182 e. The van der Waals surface area contributed by atoms with Gasteiger partial charge in [0.2, 0.25) is 0 Å². The first-order chi connectivity index (χ1) is 7.75. The summed E-state index contributed by atoms with van der Waals surface area (Å²) in [6.45, 7) is 5.11. The molecule has 0 unspecified atom stereocenters. The van der Waals surface area contributed by atoms with Gasteiger partial charge in [-0.2, -0.15) is 0 Å². The van der Waals surface area contributed by atoms with Gasteiger partial charge in [0, 0.05) is 11.9 Å². The summed E-state index contributed by atoms with van der Waals surface area (Å²) in [7, 11) is 0. The van der Waals surface area contributed by atoms with Crippen molar-refractivity contribution in [2.45, 2.75) is 20.3 Å². The van der Waals surface area contributed by atoms with E-state index in [1.807, 2.05) is 6.92 Å². The van der Waals surface area contributed by atoms with Gasteiger partial charge in [0.15, 0.2) is 5.13 Å². The van der Waals surface area contributed by atoms with Gasteiger partial charge >= 0.3 is 0 Å². The maximum absolute atomic E-state index is 4.37. The molecule has 1 heterocycles. The second-order valence-corrected chi connectivity index (χ2v) is 4.76. The number of hydrogen-bond donors (Lipinski definition) is 1. The molecule has 0 aliphatic carbocycles. The number of nitrogens with zero attached hydrogens (tertiary/aromatic N) is 1. The minimum atomic E-state index is 0.942. The van der Waals surface area contributed by atoms with E-state index in [9.17, 15) is 0 Å². The highest BCUT2D eigenvalue weighted by atomic mass is 32.1. The molecule has 0 amide bonds. The van der Waals surface area contributed by atoms with Crippen LogP contribution in [0.4, 0.5) is 5.13 Å². The molecule has 0 radical (unpaired) electrons. The van der Waals surface area contributed by atoms with Crippen molar-refractivity contribution in [3.63, 3.8) is 0 Å². The molecule has 0 fully saturated rings. The quantitative estimate of drug-likeness (QED) is 0.873. The van der Waals surface area contributed by atoms with Crippen LogP contribution in [0.2, 0.25) is 0 Å². The lowest BCUT2D eigenvalue weighted by atomic mass is 10.1. The maximum atomic E-state index is 4.37. The van der Waals surface area contributed by atoms with E-state index >= 15 is 0 Å². The molecule has 0 spiro atoms. The van der Waals surface area contributed by atoms with E-state index in [0.29, 0.717) is 0 Å². The first kappa shape index (κ1) is 11.1. The van der Waals surface area contributed by atoms with Gasteiger partial charge in [0.05, 0.1) is 5.69 Å². The van der Waals surface area contributed by atoms with Crippen LogP contribution in [-0.2, 0) is 6.42 Å². The van der Waals surface area contributed by atoms with Crippen molar-refractivity contribution in [3.05, 3.63) is 46.5 Å². The molecule has 2 nitrogen and oxygen atoms in total. The maximum Gasteiger partial charge on any atom is 0.182 e. The second kappa shape index (κ2) is 5.12. The molecule has 2 rings (SSSR count). The molecule has 3 heteroatoms. The lowest BCUT2D eigenvalue weighted by Crippen LogP contribution is -2.05. The third kappa shape index (κ3) is 2.83. The summed E-state index contributed by atoms with van der Waals surface area (Å²) in [5.74, 6) is 0. The molecule has 16 heavy (non-hydrogen) atoms. The predicted molar refractivity (Wildman–Crippen MR) is 70.2 cm³/mol. The van der Waals surface area contributed by atoms with Crippen LogP contribution in [0.5, 0.6) is 0 Å². The molecule has 1 aromatic carbocycles. The Morgan fingerprint density at radius 2 is 2.06 bits per heavy atom. The van der Waals surface area contributed by atoms with Gasteiger partial charge in [-0.1, -0.05) is 24.3 Å². The molecule has 0 saturated carbocycles. The fraction of sp³-hybridized carbons (Fsp3) is 0.308. The third-order valence-corrected chi connectivity index (χ3v) is 3.47. The third-order valence-electron chi connectivity index (χ3n) is 2.55. The van der Waals surface area contributed by atoms with Gasteiger partial charge in [0.1, 0.15) is 0 Å². The number of aryl methyl sites for hydroxylation is 2. The zero-order chi connectivity index (χ0) is 11.4.